The summed E-state index contributed by atoms with van der Waals surface area (Å²) in [6.45, 7) is 2.19. The molecule has 1 aromatic carbocycles. The first kappa shape index (κ1) is 13.8. The molecule has 22 heavy (non-hydrogen) atoms. The van der Waals surface area contributed by atoms with Crippen LogP contribution in [0.1, 0.15) is 25.7 Å². The highest BCUT2D eigenvalue weighted by atomic mass is 35.5. The molecule has 3 aromatic rings. The van der Waals surface area contributed by atoms with Crippen LogP contribution in [0.15, 0.2) is 36.4 Å². The predicted molar refractivity (Wildman–Crippen MR) is 92.7 cm³/mol. The van der Waals surface area contributed by atoms with Gasteiger partial charge in [0.05, 0.1) is 11.0 Å². The second kappa shape index (κ2) is 5.73. The molecule has 0 unspecified atom stereocenters. The molecule has 1 fully saturated rings. The Bertz CT molecular complexity index is 823. The number of hydrogen-bond acceptors (Lipinski definition) is 3. The second-order valence-electron chi connectivity index (χ2n) is 5.91. The number of aromatic nitrogens is 2. The van der Waals surface area contributed by atoms with E-state index < -0.39 is 0 Å². The molecule has 0 saturated carbocycles. The highest BCUT2D eigenvalue weighted by Crippen LogP contribution is 2.27. The number of benzene rings is 1. The smallest absolute Gasteiger partial charge is 0.129 e. The third kappa shape index (κ3) is 2.50. The van der Waals surface area contributed by atoms with Crippen LogP contribution in [0, 0.1) is 0 Å². The van der Waals surface area contributed by atoms with Crippen molar-refractivity contribution in [3.8, 4) is 0 Å². The summed E-state index contributed by atoms with van der Waals surface area (Å²) in [4.78, 5) is 11.8. The van der Waals surface area contributed by atoms with Gasteiger partial charge in [0.2, 0.25) is 0 Å². The van der Waals surface area contributed by atoms with Crippen molar-refractivity contribution in [1.29, 1.82) is 0 Å². The van der Waals surface area contributed by atoms with Gasteiger partial charge in [0.15, 0.2) is 0 Å². The zero-order chi connectivity index (χ0) is 14.9. The van der Waals surface area contributed by atoms with Gasteiger partial charge in [0.1, 0.15) is 11.0 Å². The summed E-state index contributed by atoms with van der Waals surface area (Å²) in [6, 6.07) is 12.3. The highest BCUT2D eigenvalue weighted by molar-refractivity contribution is 6.30. The maximum atomic E-state index is 6.08. The summed E-state index contributed by atoms with van der Waals surface area (Å²) in [5.41, 5.74) is 1.84. The molecule has 1 aliphatic heterocycles. The molecule has 1 saturated heterocycles. The summed E-state index contributed by atoms with van der Waals surface area (Å²) in [7, 11) is 0. The first-order valence-electron chi connectivity index (χ1n) is 7.92. The van der Waals surface area contributed by atoms with E-state index in [2.05, 4.69) is 34.1 Å². The summed E-state index contributed by atoms with van der Waals surface area (Å²) in [5.74, 6) is 1.06. The molecule has 3 heterocycles. The lowest BCUT2D eigenvalue weighted by Crippen LogP contribution is -2.24. The summed E-state index contributed by atoms with van der Waals surface area (Å²) >= 11 is 6.08. The zero-order valence-corrected chi connectivity index (χ0v) is 13.2. The third-order valence-electron chi connectivity index (χ3n) is 4.40. The average molecular weight is 312 g/mol. The Labute approximate surface area is 134 Å². The largest absolute Gasteiger partial charge is 0.357 e. The van der Waals surface area contributed by atoms with Crippen molar-refractivity contribution in [1.82, 2.24) is 9.97 Å². The zero-order valence-electron chi connectivity index (χ0n) is 12.4. The van der Waals surface area contributed by atoms with E-state index in [-0.39, 0.29) is 0 Å². The van der Waals surface area contributed by atoms with Crippen LogP contribution in [-0.2, 0) is 0 Å². The van der Waals surface area contributed by atoms with Gasteiger partial charge in [0.25, 0.3) is 0 Å². The number of anilines is 1. The monoisotopic (exact) mass is 311 g/mol. The van der Waals surface area contributed by atoms with Gasteiger partial charge >= 0.3 is 0 Å². The summed E-state index contributed by atoms with van der Waals surface area (Å²) < 4.78 is 0. The normalized spacial score (nSPS) is 16.1. The molecule has 0 N–H and O–H groups in total. The molecule has 4 heteroatoms. The van der Waals surface area contributed by atoms with Crippen LogP contribution in [0.5, 0.6) is 0 Å². The fourth-order valence-corrected chi connectivity index (χ4v) is 3.36. The van der Waals surface area contributed by atoms with Gasteiger partial charge in [-0.2, -0.15) is 0 Å². The molecule has 0 amide bonds. The van der Waals surface area contributed by atoms with E-state index in [1.807, 2.05) is 12.1 Å². The van der Waals surface area contributed by atoms with Crippen LogP contribution < -0.4 is 4.90 Å². The average Bonchev–Trinajstić information content (AvgIpc) is 2.83. The third-order valence-corrected chi connectivity index (χ3v) is 4.61. The number of halogens is 1. The number of pyridine rings is 2. The molecule has 0 atom stereocenters. The van der Waals surface area contributed by atoms with Crippen LogP contribution in [0.25, 0.3) is 21.8 Å². The predicted octanol–water partition coefficient (Wildman–Crippen LogP) is 4.82. The molecule has 0 radical (unpaired) electrons. The Morgan fingerprint density at radius 3 is 2.05 bits per heavy atom. The molecule has 0 spiro atoms. The fourth-order valence-electron chi connectivity index (χ4n) is 3.21. The van der Waals surface area contributed by atoms with Crippen molar-refractivity contribution in [2.75, 3.05) is 18.0 Å². The van der Waals surface area contributed by atoms with Gasteiger partial charge in [-0.05, 0) is 37.1 Å². The van der Waals surface area contributed by atoms with Crippen molar-refractivity contribution in [3.05, 3.63) is 41.6 Å². The Morgan fingerprint density at radius 1 is 0.727 bits per heavy atom. The molecular weight excluding hydrogens is 294 g/mol. The Kier molecular flexibility index (Phi) is 3.59. The van der Waals surface area contributed by atoms with Crippen molar-refractivity contribution in [2.45, 2.75) is 25.7 Å². The van der Waals surface area contributed by atoms with Crippen molar-refractivity contribution in [2.24, 2.45) is 0 Å². The van der Waals surface area contributed by atoms with E-state index in [9.17, 15) is 0 Å². The number of fused-ring (bicyclic) bond motifs is 3. The minimum Gasteiger partial charge on any atom is -0.357 e. The number of rotatable bonds is 1. The van der Waals surface area contributed by atoms with Gasteiger partial charge in [-0.3, -0.25) is 0 Å². The SMILES string of the molecule is Clc1ccc2ccc3ccc(N4CCCCCC4)nc3c2n1. The molecule has 1 aliphatic rings. The van der Waals surface area contributed by atoms with E-state index in [1.54, 1.807) is 0 Å². The van der Waals surface area contributed by atoms with E-state index >= 15 is 0 Å². The molecule has 0 bridgehead atoms. The molecule has 112 valence electrons. The van der Waals surface area contributed by atoms with E-state index in [1.165, 1.54) is 25.7 Å². The van der Waals surface area contributed by atoms with Crippen LogP contribution in [0.2, 0.25) is 5.15 Å². The molecular formula is C18H18ClN3. The van der Waals surface area contributed by atoms with Crippen molar-refractivity contribution >= 4 is 39.2 Å². The fraction of sp³-hybridized carbons (Fsp3) is 0.333. The minimum absolute atomic E-state index is 0.516. The number of hydrogen-bond donors (Lipinski definition) is 0. The maximum absolute atomic E-state index is 6.08. The van der Waals surface area contributed by atoms with Gasteiger partial charge in [-0.1, -0.05) is 36.6 Å². The van der Waals surface area contributed by atoms with Crippen LogP contribution >= 0.6 is 11.6 Å². The van der Waals surface area contributed by atoms with E-state index in [4.69, 9.17) is 16.6 Å². The standard InChI is InChI=1S/C18H18ClN3/c19-15-9-7-13-5-6-14-8-10-16(21-18(14)17(13)20-15)22-11-3-1-2-4-12-22/h5-10H,1-4,11-12H2. The first-order valence-corrected chi connectivity index (χ1v) is 8.30. The lowest BCUT2D eigenvalue weighted by atomic mass is 10.1. The summed E-state index contributed by atoms with van der Waals surface area (Å²) in [6.07, 6.45) is 5.15. The molecule has 3 nitrogen and oxygen atoms in total. The van der Waals surface area contributed by atoms with Crippen molar-refractivity contribution < 1.29 is 0 Å². The van der Waals surface area contributed by atoms with Crippen molar-refractivity contribution in [3.63, 3.8) is 0 Å². The van der Waals surface area contributed by atoms with Crippen LogP contribution in [0.3, 0.4) is 0 Å². The quantitative estimate of drug-likeness (QED) is 0.477. The highest BCUT2D eigenvalue weighted by Gasteiger charge is 2.12. The first-order chi connectivity index (χ1) is 10.8. The lowest BCUT2D eigenvalue weighted by molar-refractivity contribution is 0.726. The summed E-state index contributed by atoms with van der Waals surface area (Å²) in [5, 5.41) is 2.71. The van der Waals surface area contributed by atoms with Crippen LogP contribution in [0.4, 0.5) is 5.82 Å². The number of nitrogens with zero attached hydrogens (tertiary/aromatic N) is 3. The van der Waals surface area contributed by atoms with Gasteiger partial charge in [-0.15, -0.1) is 0 Å². The van der Waals surface area contributed by atoms with Gasteiger partial charge < -0.3 is 4.90 Å². The van der Waals surface area contributed by atoms with Gasteiger partial charge in [-0.25, -0.2) is 9.97 Å². The van der Waals surface area contributed by atoms with E-state index in [0.717, 1.165) is 40.7 Å². The van der Waals surface area contributed by atoms with E-state index in [0.29, 0.717) is 5.15 Å². The molecule has 4 rings (SSSR count). The maximum Gasteiger partial charge on any atom is 0.129 e. The molecule has 0 aliphatic carbocycles. The molecule has 2 aromatic heterocycles. The van der Waals surface area contributed by atoms with Gasteiger partial charge in [0, 0.05) is 23.9 Å². The van der Waals surface area contributed by atoms with Crippen LogP contribution in [-0.4, -0.2) is 23.1 Å². The minimum atomic E-state index is 0.516. The Morgan fingerprint density at radius 2 is 1.32 bits per heavy atom. The Hall–Kier alpha value is -1.87. The Balaban J connectivity index is 1.87. The lowest BCUT2D eigenvalue weighted by Gasteiger charge is -2.21. The topological polar surface area (TPSA) is 29.0 Å². The second-order valence-corrected chi connectivity index (χ2v) is 6.30.